The fourth-order valence-corrected chi connectivity index (χ4v) is 9.60. The molecule has 56 heavy (non-hydrogen) atoms. The Balaban J connectivity index is 0.941. The first-order valence-corrected chi connectivity index (χ1v) is 19.9. The molecular weight excluding hydrogens is 746 g/mol. The van der Waals surface area contributed by atoms with E-state index < -0.39 is 35.0 Å². The normalized spacial score (nSPS) is 28.6. The van der Waals surface area contributed by atoms with Crippen LogP contribution in [0.1, 0.15) is 108 Å². The van der Waals surface area contributed by atoms with E-state index in [-0.39, 0.29) is 59.3 Å². The molecule has 3 amide bonds. The number of thiocarbonyl (C=S) groups is 1. The summed E-state index contributed by atoms with van der Waals surface area (Å²) in [5.41, 5.74) is -1.13. The average Bonchev–Trinajstić information content (AvgIpc) is 3.32. The minimum absolute atomic E-state index is 0.00290. The van der Waals surface area contributed by atoms with Gasteiger partial charge in [0.25, 0.3) is 5.91 Å². The fraction of sp³-hybridized carbons (Fsp3) is 0.585. The van der Waals surface area contributed by atoms with Gasteiger partial charge in [-0.15, -0.1) is 0 Å². The molecule has 2 aromatic carbocycles. The highest BCUT2D eigenvalue weighted by molar-refractivity contribution is 7.80. The van der Waals surface area contributed by atoms with E-state index in [4.69, 9.17) is 17.0 Å². The number of benzene rings is 2. The van der Waals surface area contributed by atoms with Crippen LogP contribution in [0.15, 0.2) is 42.5 Å². The molecule has 3 aliphatic heterocycles. The number of hydrogen-bond acceptors (Lipinski definition) is 8. The zero-order chi connectivity index (χ0) is 40.5. The predicted octanol–water partition coefficient (Wildman–Crippen LogP) is 6.45. The summed E-state index contributed by atoms with van der Waals surface area (Å²) in [5, 5.41) is 24.6. The maximum absolute atomic E-state index is 13.7. The van der Waals surface area contributed by atoms with E-state index in [1.165, 1.54) is 11.0 Å². The Labute approximate surface area is 331 Å². The lowest BCUT2D eigenvalue weighted by atomic mass is 9.82. The lowest BCUT2D eigenvalue weighted by Gasteiger charge is -2.42. The van der Waals surface area contributed by atoms with Gasteiger partial charge in [0.05, 0.1) is 41.5 Å². The summed E-state index contributed by atoms with van der Waals surface area (Å²) in [5.74, 6) is -0.577. The topological polar surface area (TPSA) is 138 Å². The number of likely N-dealkylation sites (tertiary alicyclic amines) is 1. The lowest BCUT2D eigenvalue weighted by molar-refractivity contribution is -0.138. The number of aliphatic hydroxyl groups is 1. The summed E-state index contributed by atoms with van der Waals surface area (Å²) < 4.78 is 47.6. The highest BCUT2D eigenvalue weighted by Crippen LogP contribution is 2.41. The molecule has 4 fully saturated rings. The summed E-state index contributed by atoms with van der Waals surface area (Å²) in [4.78, 5) is 44.2. The molecule has 5 atom stereocenters. The van der Waals surface area contributed by atoms with E-state index >= 15 is 0 Å². The quantitative estimate of drug-likeness (QED) is 0.232. The first kappa shape index (κ1) is 41.5. The largest absolute Gasteiger partial charge is 0.417 e. The van der Waals surface area contributed by atoms with Gasteiger partial charge in [-0.3, -0.25) is 24.2 Å². The van der Waals surface area contributed by atoms with Crippen LogP contribution in [0.5, 0.6) is 0 Å². The molecule has 4 aliphatic rings. The van der Waals surface area contributed by atoms with Crippen molar-refractivity contribution in [2.45, 2.75) is 134 Å². The van der Waals surface area contributed by atoms with Gasteiger partial charge in [-0.05, 0) is 140 Å². The van der Waals surface area contributed by atoms with Gasteiger partial charge in [-0.2, -0.15) is 18.4 Å². The number of ether oxygens (including phenoxy) is 1. The van der Waals surface area contributed by atoms with Crippen molar-refractivity contribution in [1.29, 1.82) is 5.26 Å². The SMILES string of the molecule is C[C@@H]1C[C@H](OCC[C@H]2CC[C@H](N3C(=S)N(c4ccc(C#N)c(C(F)(F)F)c4)C(=O)C3(C)C)CC2)C[C@H](C)N1CC(=O)Nc1ccc(C2CCC(O)NC2=O)cc1. The summed E-state index contributed by atoms with van der Waals surface area (Å²) >= 11 is 5.75. The number of nitriles is 1. The number of rotatable bonds is 10. The molecule has 302 valence electrons. The van der Waals surface area contributed by atoms with Crippen LogP contribution < -0.4 is 15.5 Å². The number of nitrogens with zero attached hydrogens (tertiary/aromatic N) is 4. The minimum atomic E-state index is -4.75. The molecule has 6 rings (SSSR count). The molecule has 1 aliphatic carbocycles. The van der Waals surface area contributed by atoms with Gasteiger partial charge in [0.1, 0.15) is 11.8 Å². The number of hydrogen-bond donors (Lipinski definition) is 3. The third-order valence-corrected chi connectivity index (χ3v) is 12.5. The fourth-order valence-electron chi connectivity index (χ4n) is 9.03. The van der Waals surface area contributed by atoms with Crippen molar-refractivity contribution in [1.82, 2.24) is 15.1 Å². The van der Waals surface area contributed by atoms with E-state index in [9.17, 15) is 37.9 Å². The summed E-state index contributed by atoms with van der Waals surface area (Å²) in [6, 6.07) is 12.4. The average molecular weight is 797 g/mol. The summed E-state index contributed by atoms with van der Waals surface area (Å²) in [6.45, 7) is 8.62. The van der Waals surface area contributed by atoms with E-state index in [2.05, 4.69) is 29.4 Å². The number of anilines is 2. The monoisotopic (exact) mass is 796 g/mol. The molecule has 11 nitrogen and oxygen atoms in total. The van der Waals surface area contributed by atoms with Gasteiger partial charge < -0.3 is 25.4 Å². The third kappa shape index (κ3) is 8.88. The number of aliphatic hydroxyl groups excluding tert-OH is 1. The molecule has 15 heteroatoms. The van der Waals surface area contributed by atoms with Crippen LogP contribution in [0.2, 0.25) is 0 Å². The van der Waals surface area contributed by atoms with Crippen molar-refractivity contribution < 1.29 is 37.4 Å². The van der Waals surface area contributed by atoms with Crippen LogP contribution >= 0.6 is 12.2 Å². The number of carbonyl (C=O) groups excluding carboxylic acids is 3. The zero-order valence-corrected chi connectivity index (χ0v) is 33.1. The van der Waals surface area contributed by atoms with E-state index in [1.807, 2.05) is 17.0 Å². The minimum Gasteiger partial charge on any atom is -0.378 e. The second kappa shape index (κ2) is 16.8. The highest BCUT2D eigenvalue weighted by atomic mass is 32.1. The van der Waals surface area contributed by atoms with Crippen LogP contribution in [0.25, 0.3) is 0 Å². The third-order valence-electron chi connectivity index (χ3n) is 12.1. The van der Waals surface area contributed by atoms with Crippen molar-refractivity contribution in [3.05, 3.63) is 59.2 Å². The smallest absolute Gasteiger partial charge is 0.378 e. The van der Waals surface area contributed by atoms with Crippen LogP contribution in [0, 0.1) is 17.2 Å². The van der Waals surface area contributed by atoms with Crippen molar-refractivity contribution in [3.8, 4) is 6.07 Å². The van der Waals surface area contributed by atoms with Crippen molar-refractivity contribution in [2.24, 2.45) is 5.92 Å². The van der Waals surface area contributed by atoms with Gasteiger partial charge in [0.15, 0.2) is 5.11 Å². The van der Waals surface area contributed by atoms with Crippen molar-refractivity contribution >= 4 is 46.4 Å². The number of amides is 3. The molecule has 3 saturated heterocycles. The molecule has 2 unspecified atom stereocenters. The second-order valence-corrected chi connectivity index (χ2v) is 16.7. The van der Waals surface area contributed by atoms with Gasteiger partial charge in [-0.1, -0.05) is 12.1 Å². The Hall–Kier alpha value is -4.10. The molecule has 0 spiro atoms. The predicted molar refractivity (Wildman–Crippen MR) is 208 cm³/mol. The number of nitrogens with one attached hydrogen (secondary N) is 2. The Morgan fingerprint density at radius 2 is 1.70 bits per heavy atom. The molecule has 0 bridgehead atoms. The van der Waals surface area contributed by atoms with E-state index in [0.29, 0.717) is 31.1 Å². The molecule has 2 aromatic rings. The summed E-state index contributed by atoms with van der Waals surface area (Å²) in [7, 11) is 0. The maximum Gasteiger partial charge on any atom is 0.417 e. The van der Waals surface area contributed by atoms with Crippen molar-refractivity contribution in [2.75, 3.05) is 23.4 Å². The summed E-state index contributed by atoms with van der Waals surface area (Å²) in [6.07, 6.45) is 1.53. The molecular formula is C41H51F3N6O5S. The molecule has 1 saturated carbocycles. The highest BCUT2D eigenvalue weighted by Gasteiger charge is 2.52. The van der Waals surface area contributed by atoms with E-state index in [0.717, 1.165) is 62.6 Å². The number of carbonyl (C=O) groups is 3. The Kier molecular flexibility index (Phi) is 12.4. The Morgan fingerprint density at radius 3 is 2.30 bits per heavy atom. The van der Waals surface area contributed by atoms with Crippen LogP contribution in [-0.2, 0) is 25.3 Å². The zero-order valence-electron chi connectivity index (χ0n) is 32.3. The Bertz CT molecular complexity index is 1830. The standard InChI is InChI=1S/C41H51F3N6O5S/c1-24-19-32(20-25(2)48(24)23-36(52)46-29-10-7-27(8-11-29)33-15-16-35(51)47-37(33)53)55-18-17-26-5-12-30(13-6-26)50-39(56)49(38(54)40(50,3)4)31-14-9-28(22-45)34(21-31)41(42,43)44/h7-11,14,21,24-26,30,32-33,35,51H,5-6,12-13,15-20,23H2,1-4H3,(H,46,52)(H,47,53)/t24-,25+,26-,30-,32+,33?,35?. The van der Waals surface area contributed by atoms with Crippen LogP contribution in [0.4, 0.5) is 24.5 Å². The van der Waals surface area contributed by atoms with Gasteiger partial charge in [0.2, 0.25) is 11.8 Å². The van der Waals surface area contributed by atoms with Gasteiger partial charge >= 0.3 is 6.18 Å². The van der Waals surface area contributed by atoms with Crippen LogP contribution in [0.3, 0.4) is 0 Å². The number of piperidine rings is 2. The first-order chi connectivity index (χ1) is 26.5. The van der Waals surface area contributed by atoms with Crippen LogP contribution in [-0.4, -0.2) is 86.9 Å². The maximum atomic E-state index is 13.7. The second-order valence-electron chi connectivity index (χ2n) is 16.3. The molecule has 3 heterocycles. The number of alkyl halides is 3. The molecule has 0 radical (unpaired) electrons. The van der Waals surface area contributed by atoms with Gasteiger partial charge in [-0.25, -0.2) is 0 Å². The Morgan fingerprint density at radius 1 is 1.04 bits per heavy atom. The van der Waals surface area contributed by atoms with E-state index in [1.54, 1.807) is 32.0 Å². The van der Waals surface area contributed by atoms with Crippen molar-refractivity contribution in [3.63, 3.8) is 0 Å². The molecule has 0 aromatic heterocycles. The van der Waals surface area contributed by atoms with Gasteiger partial charge in [0, 0.05) is 30.4 Å². The first-order valence-electron chi connectivity index (χ1n) is 19.5. The number of halogens is 3. The lowest BCUT2D eigenvalue weighted by Crippen LogP contribution is -2.51. The molecule has 3 N–H and O–H groups in total.